The van der Waals surface area contributed by atoms with E-state index in [1.807, 2.05) is 0 Å². The summed E-state index contributed by atoms with van der Waals surface area (Å²) in [5, 5.41) is 0.215. The predicted molar refractivity (Wildman–Crippen MR) is 56.8 cm³/mol. The summed E-state index contributed by atoms with van der Waals surface area (Å²) in [4.78, 5) is 7.84. The van der Waals surface area contributed by atoms with Crippen LogP contribution in [0.5, 0.6) is 0 Å². The van der Waals surface area contributed by atoms with Crippen LogP contribution in [0.4, 0.5) is 10.2 Å². The minimum absolute atomic E-state index is 0.188. The zero-order valence-electron chi connectivity index (χ0n) is 7.61. The van der Waals surface area contributed by atoms with Crippen LogP contribution in [0.3, 0.4) is 0 Å². The first-order valence-electron chi connectivity index (χ1n) is 4.21. The van der Waals surface area contributed by atoms with Crippen molar-refractivity contribution in [3.8, 4) is 11.3 Å². The third-order valence-electron chi connectivity index (χ3n) is 1.87. The molecule has 15 heavy (non-hydrogen) atoms. The molecule has 0 unspecified atom stereocenters. The van der Waals surface area contributed by atoms with Crippen molar-refractivity contribution in [2.45, 2.75) is 0 Å². The smallest absolute Gasteiger partial charge is 0.151 e. The molecule has 0 aliphatic carbocycles. The Morgan fingerprint density at radius 1 is 1.33 bits per heavy atom. The zero-order valence-corrected chi connectivity index (χ0v) is 8.37. The molecule has 0 saturated heterocycles. The number of rotatable bonds is 1. The van der Waals surface area contributed by atoms with E-state index >= 15 is 0 Å². The summed E-state index contributed by atoms with van der Waals surface area (Å²) in [6.07, 6.45) is 1.37. The van der Waals surface area contributed by atoms with Gasteiger partial charge in [-0.2, -0.15) is 0 Å². The van der Waals surface area contributed by atoms with Crippen LogP contribution in [-0.4, -0.2) is 9.97 Å². The predicted octanol–water partition coefficient (Wildman–Crippen LogP) is 2.52. The van der Waals surface area contributed by atoms with Gasteiger partial charge < -0.3 is 5.73 Å². The molecule has 0 amide bonds. The molecule has 2 rings (SSSR count). The molecule has 0 spiro atoms. The van der Waals surface area contributed by atoms with Crippen molar-refractivity contribution in [3.63, 3.8) is 0 Å². The zero-order chi connectivity index (χ0) is 10.8. The van der Waals surface area contributed by atoms with E-state index in [2.05, 4.69) is 9.97 Å². The lowest BCUT2D eigenvalue weighted by atomic mass is 10.1. The van der Waals surface area contributed by atoms with Gasteiger partial charge in [0.05, 0.1) is 6.20 Å². The number of hydrogen-bond acceptors (Lipinski definition) is 3. The molecule has 0 radical (unpaired) electrons. The van der Waals surface area contributed by atoms with Crippen molar-refractivity contribution in [1.29, 1.82) is 0 Å². The van der Waals surface area contributed by atoms with E-state index < -0.39 is 0 Å². The molecule has 1 aromatic carbocycles. The fourth-order valence-electron chi connectivity index (χ4n) is 1.24. The molecule has 0 atom stereocenters. The van der Waals surface area contributed by atoms with E-state index in [9.17, 15) is 4.39 Å². The second kappa shape index (κ2) is 3.82. The average Bonchev–Trinajstić information content (AvgIpc) is 2.17. The van der Waals surface area contributed by atoms with Crippen LogP contribution in [0.15, 0.2) is 30.5 Å². The molecule has 0 fully saturated rings. The molecule has 5 heteroatoms. The summed E-state index contributed by atoms with van der Waals surface area (Å²) in [7, 11) is 0. The number of nitrogen functional groups attached to an aromatic ring is 1. The summed E-state index contributed by atoms with van der Waals surface area (Å²) in [5.41, 5.74) is 6.63. The van der Waals surface area contributed by atoms with Gasteiger partial charge in [-0.25, -0.2) is 14.4 Å². The number of hydrogen-bond donors (Lipinski definition) is 1. The lowest BCUT2D eigenvalue weighted by Crippen LogP contribution is -1.97. The molecule has 0 aliphatic heterocycles. The van der Waals surface area contributed by atoms with Gasteiger partial charge in [0.2, 0.25) is 0 Å². The van der Waals surface area contributed by atoms with Crippen molar-refractivity contribution in [2.75, 3.05) is 5.73 Å². The van der Waals surface area contributed by atoms with Gasteiger partial charge in [-0.15, -0.1) is 0 Å². The SMILES string of the molecule is Nc1nc(Cl)cnc1-c1cccc(F)c1. The van der Waals surface area contributed by atoms with Crippen LogP contribution in [-0.2, 0) is 0 Å². The van der Waals surface area contributed by atoms with Gasteiger partial charge in [0.25, 0.3) is 0 Å². The van der Waals surface area contributed by atoms with Gasteiger partial charge >= 0.3 is 0 Å². The molecule has 1 aromatic heterocycles. The maximum atomic E-state index is 12.9. The Balaban J connectivity index is 2.54. The van der Waals surface area contributed by atoms with Crippen LogP contribution in [0.2, 0.25) is 5.15 Å². The van der Waals surface area contributed by atoms with E-state index in [0.29, 0.717) is 11.3 Å². The van der Waals surface area contributed by atoms with E-state index in [1.54, 1.807) is 12.1 Å². The molecule has 2 N–H and O–H groups in total. The van der Waals surface area contributed by atoms with Crippen LogP contribution in [0.25, 0.3) is 11.3 Å². The Labute approximate surface area is 90.7 Å². The third kappa shape index (κ3) is 2.05. The van der Waals surface area contributed by atoms with Crippen LogP contribution in [0.1, 0.15) is 0 Å². The molecule has 0 saturated carbocycles. The molecule has 0 aliphatic rings. The highest BCUT2D eigenvalue weighted by Crippen LogP contribution is 2.23. The Morgan fingerprint density at radius 2 is 2.13 bits per heavy atom. The van der Waals surface area contributed by atoms with E-state index in [4.69, 9.17) is 17.3 Å². The molecule has 1 heterocycles. The van der Waals surface area contributed by atoms with E-state index in [-0.39, 0.29) is 16.8 Å². The third-order valence-corrected chi connectivity index (χ3v) is 2.05. The molecule has 3 nitrogen and oxygen atoms in total. The van der Waals surface area contributed by atoms with Crippen molar-refractivity contribution in [3.05, 3.63) is 41.4 Å². The van der Waals surface area contributed by atoms with Crippen molar-refractivity contribution in [1.82, 2.24) is 9.97 Å². The minimum atomic E-state index is -0.344. The Bertz CT molecular complexity index is 502. The van der Waals surface area contributed by atoms with Crippen molar-refractivity contribution >= 4 is 17.4 Å². The molecule has 76 valence electrons. The van der Waals surface area contributed by atoms with Crippen LogP contribution < -0.4 is 5.73 Å². The summed E-state index contributed by atoms with van der Waals surface area (Å²) >= 11 is 5.61. The number of nitrogens with zero attached hydrogens (tertiary/aromatic N) is 2. The number of benzene rings is 1. The second-order valence-corrected chi connectivity index (χ2v) is 3.32. The standard InChI is InChI=1S/C10H7ClFN3/c11-8-5-14-9(10(13)15-8)6-2-1-3-7(12)4-6/h1-5H,(H2,13,15). The van der Waals surface area contributed by atoms with Crippen molar-refractivity contribution in [2.24, 2.45) is 0 Å². The molecule has 2 aromatic rings. The second-order valence-electron chi connectivity index (χ2n) is 2.94. The lowest BCUT2D eigenvalue weighted by molar-refractivity contribution is 0.628. The first kappa shape index (κ1) is 9.86. The van der Waals surface area contributed by atoms with E-state index in [0.717, 1.165) is 0 Å². The lowest BCUT2D eigenvalue weighted by Gasteiger charge is -2.03. The Kier molecular flexibility index (Phi) is 2.51. The average molecular weight is 224 g/mol. The number of halogens is 2. The highest BCUT2D eigenvalue weighted by atomic mass is 35.5. The Morgan fingerprint density at radius 3 is 2.80 bits per heavy atom. The van der Waals surface area contributed by atoms with Crippen LogP contribution >= 0.6 is 11.6 Å². The van der Waals surface area contributed by atoms with Gasteiger partial charge in [0, 0.05) is 5.56 Å². The van der Waals surface area contributed by atoms with Gasteiger partial charge in [-0.05, 0) is 12.1 Å². The minimum Gasteiger partial charge on any atom is -0.382 e. The maximum absolute atomic E-state index is 12.9. The Hall–Kier alpha value is -1.68. The summed E-state index contributed by atoms with van der Waals surface area (Å²) < 4.78 is 12.9. The summed E-state index contributed by atoms with van der Waals surface area (Å²) in [5.74, 6) is -0.156. The number of anilines is 1. The molecule has 0 bridgehead atoms. The largest absolute Gasteiger partial charge is 0.382 e. The van der Waals surface area contributed by atoms with Gasteiger partial charge in [-0.3, -0.25) is 0 Å². The maximum Gasteiger partial charge on any atom is 0.151 e. The van der Waals surface area contributed by atoms with Gasteiger partial charge in [0.15, 0.2) is 5.82 Å². The topological polar surface area (TPSA) is 51.8 Å². The fourth-order valence-corrected chi connectivity index (χ4v) is 1.38. The van der Waals surface area contributed by atoms with Gasteiger partial charge in [0.1, 0.15) is 16.7 Å². The van der Waals surface area contributed by atoms with Crippen LogP contribution in [0, 0.1) is 5.82 Å². The number of nitrogens with two attached hydrogens (primary N) is 1. The first-order chi connectivity index (χ1) is 7.16. The quantitative estimate of drug-likeness (QED) is 0.808. The normalized spacial score (nSPS) is 10.3. The first-order valence-corrected chi connectivity index (χ1v) is 4.58. The summed E-state index contributed by atoms with van der Waals surface area (Å²) in [6, 6.07) is 5.98. The highest BCUT2D eigenvalue weighted by molar-refractivity contribution is 6.29. The highest BCUT2D eigenvalue weighted by Gasteiger charge is 2.06. The number of aromatic nitrogens is 2. The van der Waals surface area contributed by atoms with Gasteiger partial charge in [-0.1, -0.05) is 23.7 Å². The monoisotopic (exact) mass is 223 g/mol. The van der Waals surface area contributed by atoms with E-state index in [1.165, 1.54) is 18.3 Å². The molecular weight excluding hydrogens is 217 g/mol. The van der Waals surface area contributed by atoms with Crippen molar-refractivity contribution < 1.29 is 4.39 Å². The fraction of sp³-hybridized carbons (Fsp3) is 0. The molecular formula is C10H7ClFN3. The summed E-state index contributed by atoms with van der Waals surface area (Å²) in [6.45, 7) is 0.